The van der Waals surface area contributed by atoms with E-state index < -0.39 is 6.04 Å². The summed E-state index contributed by atoms with van der Waals surface area (Å²) in [7, 11) is 1.57. The highest BCUT2D eigenvalue weighted by atomic mass is 16.2. The summed E-state index contributed by atoms with van der Waals surface area (Å²) in [6, 6.07) is -0.435. The fourth-order valence-corrected chi connectivity index (χ4v) is 1.01. The highest BCUT2D eigenvalue weighted by Gasteiger charge is 2.23. The highest BCUT2D eigenvalue weighted by Crippen LogP contribution is 2.03. The van der Waals surface area contributed by atoms with Gasteiger partial charge in [-0.2, -0.15) is 0 Å². The smallest absolute Gasteiger partial charge is 0.242 e. The lowest BCUT2D eigenvalue weighted by Crippen LogP contribution is -2.49. The van der Waals surface area contributed by atoms with Crippen LogP contribution in [0.4, 0.5) is 0 Å². The van der Waals surface area contributed by atoms with Gasteiger partial charge in [0.05, 0.1) is 0 Å². The van der Waals surface area contributed by atoms with Crippen molar-refractivity contribution in [1.82, 2.24) is 10.6 Å². The molecule has 0 fully saturated rings. The molecule has 4 heteroatoms. The molecule has 0 unspecified atom stereocenters. The third-order valence-corrected chi connectivity index (χ3v) is 2.02. The summed E-state index contributed by atoms with van der Waals surface area (Å²) in [5.41, 5.74) is 0. The summed E-state index contributed by atoms with van der Waals surface area (Å²) in [4.78, 5) is 22.8. The highest BCUT2D eigenvalue weighted by molar-refractivity contribution is 5.88. The molecular formula is C10H20N2O2. The lowest BCUT2D eigenvalue weighted by atomic mass is 10.0. The SMILES string of the molecule is CNC(=O)[C@@H](NC(=O)C(C)C)C(C)C. The second-order valence-electron chi connectivity index (χ2n) is 4.00. The molecule has 0 rings (SSSR count). The minimum absolute atomic E-state index is 0.0905. The number of nitrogens with one attached hydrogen (secondary N) is 2. The largest absolute Gasteiger partial charge is 0.357 e. The predicted octanol–water partition coefficient (Wildman–Crippen LogP) is 0.529. The van der Waals surface area contributed by atoms with Crippen LogP contribution in [-0.4, -0.2) is 24.9 Å². The summed E-state index contributed by atoms with van der Waals surface area (Å²) in [5.74, 6) is -0.236. The third-order valence-electron chi connectivity index (χ3n) is 2.02. The first kappa shape index (κ1) is 12.9. The Morgan fingerprint density at radius 2 is 1.50 bits per heavy atom. The average molecular weight is 200 g/mol. The van der Waals surface area contributed by atoms with Gasteiger partial charge in [-0.05, 0) is 5.92 Å². The van der Waals surface area contributed by atoms with Gasteiger partial charge < -0.3 is 10.6 Å². The zero-order valence-electron chi connectivity index (χ0n) is 9.55. The molecule has 0 aliphatic carbocycles. The molecule has 4 nitrogen and oxygen atoms in total. The van der Waals surface area contributed by atoms with Crippen molar-refractivity contribution >= 4 is 11.8 Å². The molecule has 14 heavy (non-hydrogen) atoms. The summed E-state index contributed by atoms with van der Waals surface area (Å²) >= 11 is 0. The molecule has 0 radical (unpaired) electrons. The molecule has 0 bridgehead atoms. The molecule has 82 valence electrons. The Bertz CT molecular complexity index is 212. The Morgan fingerprint density at radius 3 is 1.79 bits per heavy atom. The van der Waals surface area contributed by atoms with Crippen LogP contribution in [0.1, 0.15) is 27.7 Å². The van der Waals surface area contributed by atoms with Gasteiger partial charge >= 0.3 is 0 Å². The van der Waals surface area contributed by atoms with Gasteiger partial charge in [-0.3, -0.25) is 9.59 Å². The Morgan fingerprint density at radius 1 is 1.00 bits per heavy atom. The minimum Gasteiger partial charge on any atom is -0.357 e. The lowest BCUT2D eigenvalue weighted by Gasteiger charge is -2.21. The quantitative estimate of drug-likeness (QED) is 0.695. The Hall–Kier alpha value is -1.06. The van der Waals surface area contributed by atoms with Crippen LogP contribution in [0.25, 0.3) is 0 Å². The van der Waals surface area contributed by atoms with Gasteiger partial charge in [0.15, 0.2) is 0 Å². The molecule has 0 aromatic heterocycles. The number of rotatable bonds is 4. The van der Waals surface area contributed by atoms with Crippen LogP contribution in [0.15, 0.2) is 0 Å². The third kappa shape index (κ3) is 3.77. The maximum Gasteiger partial charge on any atom is 0.242 e. The number of carbonyl (C=O) groups excluding carboxylic acids is 2. The van der Waals surface area contributed by atoms with Crippen LogP contribution in [0.2, 0.25) is 0 Å². The zero-order valence-corrected chi connectivity index (χ0v) is 9.55. The van der Waals surface area contributed by atoms with Crippen molar-refractivity contribution in [3.63, 3.8) is 0 Å². The molecule has 0 saturated carbocycles. The first-order valence-electron chi connectivity index (χ1n) is 4.92. The van der Waals surface area contributed by atoms with E-state index in [0.29, 0.717) is 0 Å². The van der Waals surface area contributed by atoms with Gasteiger partial charge in [0, 0.05) is 13.0 Å². The van der Waals surface area contributed by atoms with Crippen LogP contribution in [0.5, 0.6) is 0 Å². The maximum atomic E-state index is 11.4. The van der Waals surface area contributed by atoms with Crippen molar-refractivity contribution in [2.24, 2.45) is 11.8 Å². The normalized spacial score (nSPS) is 12.8. The Labute approximate surface area is 85.4 Å². The van der Waals surface area contributed by atoms with E-state index in [1.54, 1.807) is 20.9 Å². The molecule has 1 atom stereocenters. The van der Waals surface area contributed by atoms with Gasteiger partial charge in [0.1, 0.15) is 6.04 Å². The Kier molecular flexibility index (Phi) is 5.20. The molecule has 2 amide bonds. The fourth-order valence-electron chi connectivity index (χ4n) is 1.01. The minimum atomic E-state index is -0.435. The number of hydrogen-bond donors (Lipinski definition) is 2. The van der Waals surface area contributed by atoms with E-state index in [4.69, 9.17) is 0 Å². The van der Waals surface area contributed by atoms with Crippen LogP contribution < -0.4 is 10.6 Å². The van der Waals surface area contributed by atoms with Crippen LogP contribution >= 0.6 is 0 Å². The van der Waals surface area contributed by atoms with E-state index >= 15 is 0 Å². The van der Waals surface area contributed by atoms with Gasteiger partial charge in [-0.25, -0.2) is 0 Å². The predicted molar refractivity (Wildman–Crippen MR) is 55.7 cm³/mol. The maximum absolute atomic E-state index is 11.4. The summed E-state index contributed by atoms with van der Waals surface area (Å²) in [5, 5.41) is 5.25. The molecule has 2 N–H and O–H groups in total. The van der Waals surface area contributed by atoms with E-state index in [1.165, 1.54) is 0 Å². The van der Waals surface area contributed by atoms with Crippen LogP contribution in [0, 0.1) is 11.8 Å². The molecule has 0 aliphatic heterocycles. The number of likely N-dealkylation sites (N-methyl/N-ethyl adjacent to an activating group) is 1. The van der Waals surface area contributed by atoms with Crippen molar-refractivity contribution in [3.05, 3.63) is 0 Å². The average Bonchev–Trinajstić information content (AvgIpc) is 2.11. The number of carbonyl (C=O) groups is 2. The summed E-state index contributed by atoms with van der Waals surface area (Å²) in [6.45, 7) is 7.41. The molecular weight excluding hydrogens is 180 g/mol. The van der Waals surface area contributed by atoms with Crippen LogP contribution in [0.3, 0.4) is 0 Å². The van der Waals surface area contributed by atoms with Crippen molar-refractivity contribution in [1.29, 1.82) is 0 Å². The molecule has 0 aromatic carbocycles. The van der Waals surface area contributed by atoms with Crippen molar-refractivity contribution < 1.29 is 9.59 Å². The first-order chi connectivity index (χ1) is 6.40. The van der Waals surface area contributed by atoms with Crippen molar-refractivity contribution in [2.45, 2.75) is 33.7 Å². The van der Waals surface area contributed by atoms with E-state index in [2.05, 4.69) is 10.6 Å². The van der Waals surface area contributed by atoms with Crippen LogP contribution in [-0.2, 0) is 9.59 Å². The zero-order chi connectivity index (χ0) is 11.3. The van der Waals surface area contributed by atoms with E-state index in [9.17, 15) is 9.59 Å². The molecule has 0 aliphatic rings. The van der Waals surface area contributed by atoms with Gasteiger partial charge in [0.25, 0.3) is 0 Å². The fraction of sp³-hybridized carbons (Fsp3) is 0.800. The van der Waals surface area contributed by atoms with E-state index in [-0.39, 0.29) is 23.7 Å². The van der Waals surface area contributed by atoms with Crippen molar-refractivity contribution in [3.8, 4) is 0 Å². The van der Waals surface area contributed by atoms with E-state index in [0.717, 1.165) is 0 Å². The van der Waals surface area contributed by atoms with Crippen molar-refractivity contribution in [2.75, 3.05) is 7.05 Å². The van der Waals surface area contributed by atoms with Gasteiger partial charge in [-0.1, -0.05) is 27.7 Å². The lowest BCUT2D eigenvalue weighted by molar-refractivity contribution is -0.131. The second-order valence-corrected chi connectivity index (χ2v) is 4.00. The Balaban J connectivity index is 4.38. The summed E-state index contributed by atoms with van der Waals surface area (Å²) in [6.07, 6.45) is 0. The molecule has 0 aromatic rings. The number of hydrogen-bond acceptors (Lipinski definition) is 2. The van der Waals surface area contributed by atoms with Gasteiger partial charge in [0.2, 0.25) is 11.8 Å². The molecule has 0 spiro atoms. The summed E-state index contributed by atoms with van der Waals surface area (Å²) < 4.78 is 0. The number of amides is 2. The first-order valence-corrected chi connectivity index (χ1v) is 4.92. The topological polar surface area (TPSA) is 58.2 Å². The monoisotopic (exact) mass is 200 g/mol. The standard InChI is InChI=1S/C10H20N2O2/c1-6(2)8(10(14)11-5)12-9(13)7(3)4/h6-8H,1-5H3,(H,11,14)(H,12,13)/t8-/m0/s1. The molecule has 0 saturated heterocycles. The van der Waals surface area contributed by atoms with Gasteiger partial charge in [-0.15, -0.1) is 0 Å². The molecule has 0 heterocycles. The second kappa shape index (κ2) is 5.62. The van der Waals surface area contributed by atoms with E-state index in [1.807, 2.05) is 13.8 Å².